The predicted octanol–water partition coefficient (Wildman–Crippen LogP) is 4.78. The standard InChI is InChI=1S/C28H27NO6S/c1-28(26-24-17(14-16-34-26)7-6-12-23(24)35-36(32)33)22(13-15-29(28)27(30)31)25-20-10-4-2-8-18(20)19-9-3-5-11-21(19)25/h2-12,22,25-26,36H,13-16H2,1H3,(H,30,31)/t22?,26-,28?/m0/s1/i36T. The Hall–Kier alpha value is -3.36. The molecule has 3 atom stereocenters. The molecule has 36 heavy (non-hydrogen) atoms. The van der Waals surface area contributed by atoms with Gasteiger partial charge in [0.25, 0.3) is 10.9 Å². The van der Waals surface area contributed by atoms with Crippen LogP contribution in [0.2, 0.25) is 0 Å². The topological polar surface area (TPSA) is 93.1 Å². The van der Waals surface area contributed by atoms with E-state index in [0.29, 0.717) is 31.6 Å². The summed E-state index contributed by atoms with van der Waals surface area (Å²) in [5.41, 5.74) is 4.90. The van der Waals surface area contributed by atoms with Crippen LogP contribution in [0, 0.1) is 5.92 Å². The van der Waals surface area contributed by atoms with Gasteiger partial charge in [0.1, 0.15) is 11.9 Å². The molecule has 1 saturated heterocycles. The van der Waals surface area contributed by atoms with Crippen molar-refractivity contribution < 1.29 is 27.2 Å². The number of likely N-dealkylation sites (tertiary alicyclic amines) is 1. The van der Waals surface area contributed by atoms with E-state index in [4.69, 9.17) is 10.0 Å². The lowest BCUT2D eigenvalue weighted by Gasteiger charge is -2.47. The molecule has 2 aliphatic heterocycles. The van der Waals surface area contributed by atoms with Crippen LogP contribution in [0.3, 0.4) is 0 Å². The van der Waals surface area contributed by atoms with Crippen molar-refractivity contribution in [1.82, 2.24) is 4.90 Å². The summed E-state index contributed by atoms with van der Waals surface area (Å²) in [6.07, 6.45) is -0.681. The van der Waals surface area contributed by atoms with Crippen LogP contribution in [0.15, 0.2) is 66.7 Å². The molecule has 2 heterocycles. The second-order valence-corrected chi connectivity index (χ2v) is 10.4. The maximum absolute atomic E-state index is 12.7. The zero-order valence-electron chi connectivity index (χ0n) is 20.8. The quantitative estimate of drug-likeness (QED) is 0.494. The largest absolute Gasteiger partial charge is 0.465 e. The Kier molecular flexibility index (Phi) is 5.25. The highest BCUT2D eigenvalue weighted by Gasteiger charge is 2.58. The van der Waals surface area contributed by atoms with Gasteiger partial charge in [-0.25, -0.2) is 4.79 Å². The van der Waals surface area contributed by atoms with Gasteiger partial charge in [-0.3, -0.25) is 4.90 Å². The van der Waals surface area contributed by atoms with Crippen LogP contribution < -0.4 is 4.18 Å². The molecule has 0 bridgehead atoms. The molecule has 2 unspecified atom stereocenters. The molecule has 3 aromatic carbocycles. The third kappa shape index (κ3) is 3.35. The number of rotatable bonds is 4. The Morgan fingerprint density at radius 2 is 1.75 bits per heavy atom. The van der Waals surface area contributed by atoms with Gasteiger partial charge in [-0.05, 0) is 59.6 Å². The third-order valence-corrected chi connectivity index (χ3v) is 8.59. The van der Waals surface area contributed by atoms with Gasteiger partial charge in [-0.15, -0.1) is 0 Å². The molecule has 0 radical (unpaired) electrons. The second-order valence-electron chi connectivity index (χ2n) is 9.82. The predicted molar refractivity (Wildman–Crippen MR) is 135 cm³/mol. The van der Waals surface area contributed by atoms with Gasteiger partial charge in [-0.2, -0.15) is 8.42 Å². The van der Waals surface area contributed by atoms with Crippen molar-refractivity contribution in [3.8, 4) is 16.9 Å². The first kappa shape index (κ1) is 21.9. The molecule has 8 heteroatoms. The van der Waals surface area contributed by atoms with Gasteiger partial charge < -0.3 is 14.0 Å². The van der Waals surface area contributed by atoms with E-state index in [0.717, 1.165) is 27.8 Å². The molecule has 0 saturated carbocycles. The molecule has 0 spiro atoms. The molecule has 1 fully saturated rings. The van der Waals surface area contributed by atoms with Crippen molar-refractivity contribution in [2.45, 2.75) is 37.3 Å². The molecule has 1 aliphatic carbocycles. The van der Waals surface area contributed by atoms with Crippen LogP contribution in [0.4, 0.5) is 4.79 Å². The van der Waals surface area contributed by atoms with Crippen molar-refractivity contribution in [3.05, 3.63) is 89.0 Å². The lowest BCUT2D eigenvalue weighted by Crippen LogP contribution is -2.55. The first-order valence-electron chi connectivity index (χ1n) is 12.5. The lowest BCUT2D eigenvalue weighted by atomic mass is 9.68. The smallest absolute Gasteiger partial charge is 0.407 e. The number of amides is 1. The highest BCUT2D eigenvalue weighted by Crippen LogP contribution is 2.59. The van der Waals surface area contributed by atoms with E-state index >= 15 is 0 Å². The van der Waals surface area contributed by atoms with Gasteiger partial charge in [-0.1, -0.05) is 60.7 Å². The van der Waals surface area contributed by atoms with Crippen molar-refractivity contribution in [3.63, 3.8) is 0 Å². The second kappa shape index (κ2) is 8.64. The van der Waals surface area contributed by atoms with E-state index in [2.05, 4.69) is 24.3 Å². The molecule has 1 N–H and O–H groups in total. The fourth-order valence-electron chi connectivity index (χ4n) is 6.85. The maximum Gasteiger partial charge on any atom is 0.407 e. The van der Waals surface area contributed by atoms with Crippen LogP contribution in [0.5, 0.6) is 5.75 Å². The zero-order chi connectivity index (χ0) is 25.9. The Morgan fingerprint density at radius 3 is 2.39 bits per heavy atom. The van der Waals surface area contributed by atoms with Crippen molar-refractivity contribution in [2.24, 2.45) is 5.92 Å². The number of hydrogen-bond acceptors (Lipinski definition) is 5. The summed E-state index contributed by atoms with van der Waals surface area (Å²) in [7, 11) is -4.55. The van der Waals surface area contributed by atoms with Gasteiger partial charge >= 0.3 is 6.09 Å². The summed E-state index contributed by atoms with van der Waals surface area (Å²) in [5, 5.41) is 10.3. The number of hydrogen-bond donors (Lipinski definition) is 2. The van der Waals surface area contributed by atoms with Gasteiger partial charge in [0.15, 0.2) is 0 Å². The van der Waals surface area contributed by atoms with Crippen LogP contribution in [-0.2, 0) is 22.0 Å². The molecule has 1 amide bonds. The normalized spacial score (nSPS) is 25.6. The summed E-state index contributed by atoms with van der Waals surface area (Å²) >= 11 is 0. The molecule has 0 aromatic heterocycles. The van der Waals surface area contributed by atoms with E-state index in [-0.39, 0.29) is 17.6 Å². The number of benzene rings is 3. The minimum atomic E-state index is -4.55. The summed E-state index contributed by atoms with van der Waals surface area (Å²) in [5.74, 6) is -0.213. The summed E-state index contributed by atoms with van der Waals surface area (Å²) < 4.78 is 42.4. The molecule has 7 nitrogen and oxygen atoms in total. The SMILES string of the molecule is [3H]S(=O)(=O)Oc1cccc2c1[C@@H](C1(C)C(C3c4ccccc4-c4ccccc43)CCN1C(=O)O)OCC2. The first-order valence-corrected chi connectivity index (χ1v) is 13.1. The van der Waals surface area contributed by atoms with Gasteiger partial charge in [0, 0.05) is 18.0 Å². The number of carboxylic acid groups (broad SMARTS) is 1. The average molecular weight is 508 g/mol. The van der Waals surface area contributed by atoms with Crippen molar-refractivity contribution >= 4 is 17.0 Å². The van der Waals surface area contributed by atoms with E-state index in [1.54, 1.807) is 6.07 Å². The van der Waals surface area contributed by atoms with Crippen LogP contribution in [0.25, 0.3) is 11.1 Å². The number of carbonyl (C=O) groups is 1. The number of fused-ring (bicyclic) bond motifs is 4. The minimum Gasteiger partial charge on any atom is -0.465 e. The first-order chi connectivity index (χ1) is 17.7. The van der Waals surface area contributed by atoms with Gasteiger partial charge in [0.2, 0.25) is 1.12 Å². The number of thiol groups is 1. The van der Waals surface area contributed by atoms with Gasteiger partial charge in [0.05, 0.1) is 12.1 Å². The summed E-state index contributed by atoms with van der Waals surface area (Å²) in [6.45, 7) is 2.60. The Morgan fingerprint density at radius 1 is 1.08 bits per heavy atom. The third-order valence-electron chi connectivity index (χ3n) is 8.27. The minimum absolute atomic E-state index is 0.0154. The van der Waals surface area contributed by atoms with E-state index in [9.17, 15) is 18.3 Å². The molecular formula is C28H27NO6S. The fraction of sp³-hybridized carbons (Fsp3) is 0.321. The Bertz CT molecular complexity index is 1460. The van der Waals surface area contributed by atoms with E-state index < -0.39 is 28.6 Å². The van der Waals surface area contributed by atoms with E-state index in [1.165, 1.54) is 11.0 Å². The molecular weight excluding hydrogens is 478 g/mol. The maximum atomic E-state index is 12.7. The molecule has 3 aromatic rings. The van der Waals surface area contributed by atoms with Crippen LogP contribution >= 0.6 is 0 Å². The van der Waals surface area contributed by atoms with Crippen molar-refractivity contribution in [2.75, 3.05) is 13.2 Å². The fourth-order valence-corrected chi connectivity index (χ4v) is 7.15. The Labute approximate surface area is 212 Å². The highest BCUT2D eigenvalue weighted by atomic mass is 32.2. The summed E-state index contributed by atoms with van der Waals surface area (Å²) in [4.78, 5) is 14.1. The average Bonchev–Trinajstić information content (AvgIpc) is 3.38. The van der Waals surface area contributed by atoms with Crippen LogP contribution in [0.1, 0.15) is 47.6 Å². The molecule has 3 aliphatic rings. The Balaban J connectivity index is 1.55. The number of ether oxygens (including phenoxy) is 1. The van der Waals surface area contributed by atoms with E-state index in [1.807, 2.05) is 37.3 Å². The molecule has 186 valence electrons. The molecule has 6 rings (SSSR count). The van der Waals surface area contributed by atoms with Crippen molar-refractivity contribution in [1.29, 1.82) is 1.12 Å². The highest BCUT2D eigenvalue weighted by molar-refractivity contribution is 7.67. The van der Waals surface area contributed by atoms with Crippen LogP contribution in [-0.4, -0.2) is 44.3 Å². The monoisotopic (exact) mass is 507 g/mol. The summed E-state index contributed by atoms with van der Waals surface area (Å²) in [6, 6.07) is 21.6. The lowest BCUT2D eigenvalue weighted by molar-refractivity contribution is -0.0713. The number of nitrogens with zero attached hydrogens (tertiary/aromatic N) is 1. The zero-order valence-corrected chi connectivity index (χ0v) is 20.6.